The normalized spacial score (nSPS) is 19.5. The van der Waals surface area contributed by atoms with Gasteiger partial charge in [-0.05, 0) is 48.4 Å². The van der Waals surface area contributed by atoms with E-state index in [0.29, 0.717) is 24.1 Å². The Kier molecular flexibility index (Phi) is 6.04. The maximum atomic E-state index is 14.7. The third-order valence-electron chi connectivity index (χ3n) is 5.31. The maximum absolute atomic E-state index is 14.7. The van der Waals surface area contributed by atoms with Crippen LogP contribution >= 0.6 is 0 Å². The van der Waals surface area contributed by atoms with Crippen molar-refractivity contribution in [3.05, 3.63) is 59.4 Å². The van der Waals surface area contributed by atoms with E-state index < -0.39 is 0 Å². The first-order chi connectivity index (χ1) is 12.6. The minimum Gasteiger partial charge on any atom is -0.348 e. The summed E-state index contributed by atoms with van der Waals surface area (Å²) in [5, 5.41) is 3.67. The molecule has 2 aromatic rings. The molecule has 0 spiro atoms. The highest BCUT2D eigenvalue weighted by atomic mass is 19.1. The summed E-state index contributed by atoms with van der Waals surface area (Å²) in [5.74, 6) is -0.110. The first-order valence-electron chi connectivity index (χ1n) is 9.41. The standard InChI is InChI=1S/C22H27FN2O/c1-3-16-6-5-9-20(22(16)23)17-7-4-8-18(14-17)21-11-10-19(24-21)12-13-25(2)15-26/h4-9,14-15,19,21,24H,3,10-13H2,1-2H3. The van der Waals surface area contributed by atoms with Crippen molar-refractivity contribution in [2.45, 2.75) is 44.7 Å². The third-order valence-corrected chi connectivity index (χ3v) is 5.31. The molecular weight excluding hydrogens is 327 g/mol. The van der Waals surface area contributed by atoms with Crippen LogP contribution < -0.4 is 5.32 Å². The second kappa shape index (κ2) is 8.45. The molecule has 0 aliphatic carbocycles. The van der Waals surface area contributed by atoms with Gasteiger partial charge < -0.3 is 10.2 Å². The number of rotatable bonds is 7. The fourth-order valence-corrected chi connectivity index (χ4v) is 3.72. The average molecular weight is 354 g/mol. The van der Waals surface area contributed by atoms with Crippen molar-refractivity contribution >= 4 is 6.41 Å². The molecule has 2 atom stereocenters. The van der Waals surface area contributed by atoms with Gasteiger partial charge in [-0.25, -0.2) is 4.39 Å². The van der Waals surface area contributed by atoms with Crippen LogP contribution in [-0.4, -0.2) is 30.9 Å². The van der Waals surface area contributed by atoms with Gasteiger partial charge in [0.15, 0.2) is 0 Å². The van der Waals surface area contributed by atoms with Gasteiger partial charge in [-0.3, -0.25) is 4.79 Å². The zero-order chi connectivity index (χ0) is 18.5. The zero-order valence-electron chi connectivity index (χ0n) is 15.5. The number of halogens is 1. The SMILES string of the molecule is CCc1cccc(-c2cccc(C3CCC(CCN(C)C=O)N3)c2)c1F. The Morgan fingerprint density at radius 3 is 2.81 bits per heavy atom. The van der Waals surface area contributed by atoms with Gasteiger partial charge in [-0.15, -0.1) is 0 Å². The minimum absolute atomic E-state index is 0.110. The van der Waals surface area contributed by atoms with Crippen LogP contribution in [0, 0.1) is 5.82 Å². The van der Waals surface area contributed by atoms with Gasteiger partial charge >= 0.3 is 0 Å². The predicted molar refractivity (Wildman–Crippen MR) is 103 cm³/mol. The summed E-state index contributed by atoms with van der Waals surface area (Å²) in [5.41, 5.74) is 3.57. The molecule has 2 aromatic carbocycles. The molecule has 1 saturated heterocycles. The number of carbonyl (C=O) groups is 1. The summed E-state index contributed by atoms with van der Waals surface area (Å²) < 4.78 is 14.7. The van der Waals surface area contributed by atoms with E-state index in [1.807, 2.05) is 44.3 Å². The Labute approximate surface area is 155 Å². The van der Waals surface area contributed by atoms with Gasteiger partial charge in [0.1, 0.15) is 5.82 Å². The molecular formula is C22H27FN2O. The number of carbonyl (C=O) groups excluding carboxylic acids is 1. The van der Waals surface area contributed by atoms with Crippen molar-refractivity contribution in [3.63, 3.8) is 0 Å². The molecule has 1 fully saturated rings. The first kappa shape index (κ1) is 18.6. The fourth-order valence-electron chi connectivity index (χ4n) is 3.72. The summed E-state index contributed by atoms with van der Waals surface area (Å²) in [6.45, 7) is 2.74. The second-order valence-electron chi connectivity index (χ2n) is 7.13. The number of hydrogen-bond acceptors (Lipinski definition) is 2. The monoisotopic (exact) mass is 354 g/mol. The van der Waals surface area contributed by atoms with Crippen molar-refractivity contribution < 1.29 is 9.18 Å². The van der Waals surface area contributed by atoms with E-state index in [2.05, 4.69) is 17.4 Å². The lowest BCUT2D eigenvalue weighted by atomic mass is 9.96. The van der Waals surface area contributed by atoms with Crippen LogP contribution in [0.3, 0.4) is 0 Å². The molecule has 1 heterocycles. The number of nitrogens with zero attached hydrogens (tertiary/aromatic N) is 1. The first-order valence-corrected chi connectivity index (χ1v) is 9.41. The highest BCUT2D eigenvalue weighted by Gasteiger charge is 2.25. The van der Waals surface area contributed by atoms with Gasteiger partial charge in [0.25, 0.3) is 0 Å². The summed E-state index contributed by atoms with van der Waals surface area (Å²) in [4.78, 5) is 12.4. The lowest BCUT2D eigenvalue weighted by Crippen LogP contribution is -2.29. The minimum atomic E-state index is -0.110. The Morgan fingerprint density at radius 2 is 2.04 bits per heavy atom. The number of hydrogen-bond donors (Lipinski definition) is 1. The van der Waals surface area contributed by atoms with Gasteiger partial charge in [0.2, 0.25) is 6.41 Å². The molecule has 138 valence electrons. The highest BCUT2D eigenvalue weighted by Crippen LogP contribution is 2.32. The van der Waals surface area contributed by atoms with Crippen molar-refractivity contribution in [2.75, 3.05) is 13.6 Å². The van der Waals surface area contributed by atoms with Gasteiger partial charge in [0.05, 0.1) is 0 Å². The molecule has 1 amide bonds. The topological polar surface area (TPSA) is 32.3 Å². The average Bonchev–Trinajstić information content (AvgIpc) is 3.15. The molecule has 0 aromatic heterocycles. The molecule has 1 aliphatic heterocycles. The molecule has 1 N–H and O–H groups in total. The lowest BCUT2D eigenvalue weighted by Gasteiger charge is -2.18. The molecule has 3 nitrogen and oxygen atoms in total. The number of amides is 1. The van der Waals surface area contributed by atoms with Crippen LogP contribution in [0.5, 0.6) is 0 Å². The molecule has 26 heavy (non-hydrogen) atoms. The molecule has 1 aliphatic rings. The van der Waals surface area contributed by atoms with Crippen LogP contribution in [0.1, 0.15) is 43.4 Å². The second-order valence-corrected chi connectivity index (χ2v) is 7.13. The Balaban J connectivity index is 1.73. The quantitative estimate of drug-likeness (QED) is 0.751. The van der Waals surface area contributed by atoms with E-state index >= 15 is 0 Å². The summed E-state index contributed by atoms with van der Waals surface area (Å²) >= 11 is 0. The largest absolute Gasteiger partial charge is 0.348 e. The van der Waals surface area contributed by atoms with Gasteiger partial charge in [-0.2, -0.15) is 0 Å². The Hall–Kier alpha value is -2.20. The number of benzene rings is 2. The van der Waals surface area contributed by atoms with E-state index in [1.165, 1.54) is 5.56 Å². The maximum Gasteiger partial charge on any atom is 0.209 e. The van der Waals surface area contributed by atoms with Crippen LogP contribution in [-0.2, 0) is 11.2 Å². The van der Waals surface area contributed by atoms with E-state index in [9.17, 15) is 9.18 Å². The van der Waals surface area contributed by atoms with Crippen molar-refractivity contribution in [2.24, 2.45) is 0 Å². The number of aryl methyl sites for hydroxylation is 1. The van der Waals surface area contributed by atoms with Gasteiger partial charge in [-0.1, -0.05) is 43.3 Å². The van der Waals surface area contributed by atoms with Crippen LogP contribution in [0.25, 0.3) is 11.1 Å². The number of nitrogens with one attached hydrogen (secondary N) is 1. The van der Waals surface area contributed by atoms with Crippen LogP contribution in [0.4, 0.5) is 4.39 Å². The third kappa shape index (κ3) is 4.13. The summed E-state index contributed by atoms with van der Waals surface area (Å²) in [6, 6.07) is 14.6. The molecule has 0 bridgehead atoms. The van der Waals surface area contributed by atoms with Crippen molar-refractivity contribution in [1.82, 2.24) is 10.2 Å². The lowest BCUT2D eigenvalue weighted by molar-refractivity contribution is -0.117. The van der Waals surface area contributed by atoms with E-state index in [4.69, 9.17) is 0 Å². The Morgan fingerprint density at radius 1 is 1.23 bits per heavy atom. The molecule has 0 saturated carbocycles. The van der Waals surface area contributed by atoms with E-state index in [-0.39, 0.29) is 5.82 Å². The smallest absolute Gasteiger partial charge is 0.209 e. The Bertz CT molecular complexity index is 762. The van der Waals surface area contributed by atoms with Crippen molar-refractivity contribution in [1.29, 1.82) is 0 Å². The molecule has 2 unspecified atom stereocenters. The summed E-state index contributed by atoms with van der Waals surface area (Å²) in [6.07, 6.45) is 4.69. The predicted octanol–water partition coefficient (Wildman–Crippen LogP) is 4.33. The fraction of sp³-hybridized carbons (Fsp3) is 0.409. The molecule has 4 heteroatoms. The van der Waals surface area contributed by atoms with E-state index in [0.717, 1.165) is 43.3 Å². The van der Waals surface area contributed by atoms with E-state index in [1.54, 1.807) is 4.90 Å². The zero-order valence-corrected chi connectivity index (χ0v) is 15.5. The summed E-state index contributed by atoms with van der Waals surface area (Å²) in [7, 11) is 1.81. The molecule has 3 rings (SSSR count). The van der Waals surface area contributed by atoms with Crippen LogP contribution in [0.2, 0.25) is 0 Å². The highest BCUT2D eigenvalue weighted by molar-refractivity contribution is 5.66. The molecule has 0 radical (unpaired) electrons. The van der Waals surface area contributed by atoms with Crippen LogP contribution in [0.15, 0.2) is 42.5 Å². The van der Waals surface area contributed by atoms with Gasteiger partial charge in [0, 0.05) is 31.2 Å². The van der Waals surface area contributed by atoms with Crippen molar-refractivity contribution in [3.8, 4) is 11.1 Å².